The Bertz CT molecular complexity index is 850. The molecule has 1 amide bonds. The van der Waals surface area contributed by atoms with Crippen molar-refractivity contribution in [2.75, 3.05) is 39.3 Å². The van der Waals surface area contributed by atoms with Crippen LogP contribution in [0.4, 0.5) is 4.79 Å². The van der Waals surface area contributed by atoms with Crippen molar-refractivity contribution in [3.05, 3.63) is 15.8 Å². The zero-order valence-corrected chi connectivity index (χ0v) is 19.3. The molecule has 0 unspecified atom stereocenters. The lowest BCUT2D eigenvalue weighted by Crippen LogP contribution is -2.53. The Morgan fingerprint density at radius 1 is 1.24 bits per heavy atom. The smallest absolute Gasteiger partial charge is 0.410 e. The number of nitrogens with zero attached hydrogens (tertiary/aromatic N) is 3. The van der Waals surface area contributed by atoms with Gasteiger partial charge in [-0.2, -0.15) is 0 Å². The van der Waals surface area contributed by atoms with Crippen LogP contribution < -0.4 is 10.5 Å². The third-order valence-electron chi connectivity index (χ3n) is 4.22. The molecule has 1 aliphatic heterocycles. The number of aliphatic imine (C=N–C) groups is 1. The summed E-state index contributed by atoms with van der Waals surface area (Å²) in [5.74, 6) is 0.343. The first kappa shape index (κ1) is 23.4. The van der Waals surface area contributed by atoms with Gasteiger partial charge in [-0.25, -0.2) is 17.9 Å². The fourth-order valence-electron chi connectivity index (χ4n) is 2.85. The number of rotatable bonds is 5. The Morgan fingerprint density at radius 2 is 1.83 bits per heavy atom. The van der Waals surface area contributed by atoms with E-state index in [4.69, 9.17) is 10.5 Å². The van der Waals surface area contributed by atoms with Gasteiger partial charge < -0.3 is 20.3 Å². The number of guanidine groups is 1. The average molecular weight is 446 g/mol. The Labute approximate surface area is 177 Å². The largest absolute Gasteiger partial charge is 0.444 e. The number of hydrogen-bond acceptors (Lipinski definition) is 6. The first-order valence-electron chi connectivity index (χ1n) is 9.48. The number of hydrogen-bond donors (Lipinski definition) is 2. The number of ether oxygens (including phenoxy) is 1. The number of sulfonamides is 1. The van der Waals surface area contributed by atoms with Crippen LogP contribution >= 0.6 is 11.3 Å². The van der Waals surface area contributed by atoms with E-state index in [-0.39, 0.29) is 19.2 Å². The fourth-order valence-corrected chi connectivity index (χ4v) is 5.42. The van der Waals surface area contributed by atoms with Gasteiger partial charge in [-0.1, -0.05) is 0 Å². The van der Waals surface area contributed by atoms with E-state index in [0.29, 0.717) is 37.0 Å². The van der Waals surface area contributed by atoms with Crippen LogP contribution in [0.5, 0.6) is 0 Å². The molecule has 1 aromatic heterocycles. The second kappa shape index (κ2) is 9.31. The van der Waals surface area contributed by atoms with Crippen LogP contribution in [0.15, 0.2) is 16.0 Å². The first-order valence-corrected chi connectivity index (χ1v) is 11.8. The molecule has 11 heteroatoms. The molecule has 2 rings (SSSR count). The predicted molar refractivity (Wildman–Crippen MR) is 115 cm³/mol. The molecule has 0 radical (unpaired) electrons. The molecule has 0 aliphatic carbocycles. The van der Waals surface area contributed by atoms with Crippen molar-refractivity contribution >= 4 is 33.4 Å². The summed E-state index contributed by atoms with van der Waals surface area (Å²) < 4.78 is 32.7. The molecule has 0 spiro atoms. The minimum atomic E-state index is -3.55. The predicted octanol–water partition coefficient (Wildman–Crippen LogP) is 1.51. The summed E-state index contributed by atoms with van der Waals surface area (Å²) >= 11 is 1.45. The lowest BCUT2D eigenvalue weighted by atomic mass is 10.2. The van der Waals surface area contributed by atoms with E-state index in [9.17, 15) is 13.2 Å². The van der Waals surface area contributed by atoms with Gasteiger partial charge in [0, 0.05) is 42.5 Å². The highest BCUT2D eigenvalue weighted by Gasteiger charge is 2.26. The summed E-state index contributed by atoms with van der Waals surface area (Å²) in [5.41, 5.74) is 5.50. The number of nitrogens with one attached hydrogen (secondary N) is 1. The van der Waals surface area contributed by atoms with Crippen LogP contribution in [0.1, 0.15) is 30.5 Å². The summed E-state index contributed by atoms with van der Waals surface area (Å²) in [6, 6.07) is 1.67. The second-order valence-electron chi connectivity index (χ2n) is 7.87. The Balaban J connectivity index is 1.79. The third kappa shape index (κ3) is 6.86. The SMILES string of the molecule is Cc1cc(S(=O)(=O)NCCN=C(N)N2CCN(C(=O)OC(C)(C)C)CC2)c(C)s1. The first-order chi connectivity index (χ1) is 13.4. The molecule has 0 bridgehead atoms. The molecular formula is C18H31N5O4S2. The maximum absolute atomic E-state index is 12.4. The van der Waals surface area contributed by atoms with Gasteiger partial charge in [-0.15, -0.1) is 11.3 Å². The van der Waals surface area contributed by atoms with Crippen LogP contribution in [0.2, 0.25) is 0 Å². The van der Waals surface area contributed by atoms with E-state index in [0.717, 1.165) is 9.75 Å². The van der Waals surface area contributed by atoms with Crippen molar-refractivity contribution in [2.24, 2.45) is 10.7 Å². The van der Waals surface area contributed by atoms with E-state index < -0.39 is 15.6 Å². The van der Waals surface area contributed by atoms with E-state index >= 15 is 0 Å². The zero-order chi connectivity index (χ0) is 21.8. The molecular weight excluding hydrogens is 414 g/mol. The molecule has 3 N–H and O–H groups in total. The van der Waals surface area contributed by atoms with Gasteiger partial charge in [-0.3, -0.25) is 4.99 Å². The average Bonchev–Trinajstić information content (AvgIpc) is 2.96. The number of carbonyl (C=O) groups is 1. The van der Waals surface area contributed by atoms with Gasteiger partial charge in [0.2, 0.25) is 10.0 Å². The molecule has 164 valence electrons. The van der Waals surface area contributed by atoms with Crippen molar-refractivity contribution in [3.8, 4) is 0 Å². The highest BCUT2D eigenvalue weighted by Crippen LogP contribution is 2.24. The highest BCUT2D eigenvalue weighted by molar-refractivity contribution is 7.89. The normalized spacial score (nSPS) is 16.2. The van der Waals surface area contributed by atoms with Gasteiger partial charge in [0.25, 0.3) is 0 Å². The lowest BCUT2D eigenvalue weighted by molar-refractivity contribution is 0.0186. The number of aryl methyl sites for hydroxylation is 2. The standard InChI is InChI=1S/C18H31N5O4S2/c1-13-12-15(14(2)28-13)29(25,26)21-7-6-20-16(19)22-8-10-23(11-9-22)17(24)27-18(3,4)5/h12,21H,6-11H2,1-5H3,(H2,19,20). The summed E-state index contributed by atoms with van der Waals surface area (Å²) in [6.07, 6.45) is -0.332. The summed E-state index contributed by atoms with van der Waals surface area (Å²) in [4.78, 5) is 21.9. The molecule has 9 nitrogen and oxygen atoms in total. The topological polar surface area (TPSA) is 117 Å². The van der Waals surface area contributed by atoms with Crippen LogP contribution in [0, 0.1) is 13.8 Å². The number of amides is 1. The maximum Gasteiger partial charge on any atom is 0.410 e. The molecule has 0 saturated carbocycles. The number of carbonyl (C=O) groups excluding carboxylic acids is 1. The number of nitrogens with two attached hydrogens (primary N) is 1. The molecule has 29 heavy (non-hydrogen) atoms. The number of piperazine rings is 1. The van der Waals surface area contributed by atoms with Gasteiger partial charge in [0.15, 0.2) is 5.96 Å². The monoisotopic (exact) mass is 445 g/mol. The zero-order valence-electron chi connectivity index (χ0n) is 17.7. The molecule has 0 aromatic carbocycles. The minimum Gasteiger partial charge on any atom is -0.444 e. The Hall–Kier alpha value is -1.85. The van der Waals surface area contributed by atoms with Crippen molar-refractivity contribution in [2.45, 2.75) is 45.1 Å². The molecule has 1 fully saturated rings. The summed E-state index contributed by atoms with van der Waals surface area (Å²) in [5, 5.41) is 0. The van der Waals surface area contributed by atoms with Crippen LogP contribution in [0.3, 0.4) is 0 Å². The van der Waals surface area contributed by atoms with Gasteiger partial charge in [0.1, 0.15) is 5.60 Å². The molecule has 0 atom stereocenters. The van der Waals surface area contributed by atoms with Crippen molar-refractivity contribution < 1.29 is 17.9 Å². The van der Waals surface area contributed by atoms with Crippen molar-refractivity contribution in [3.63, 3.8) is 0 Å². The van der Waals surface area contributed by atoms with E-state index in [1.807, 2.05) is 32.6 Å². The van der Waals surface area contributed by atoms with Crippen LogP contribution in [-0.4, -0.2) is 75.1 Å². The Morgan fingerprint density at radius 3 is 2.34 bits per heavy atom. The van der Waals surface area contributed by atoms with Gasteiger partial charge >= 0.3 is 6.09 Å². The molecule has 1 aromatic rings. The summed E-state index contributed by atoms with van der Waals surface area (Å²) in [7, 11) is -3.55. The number of thiophene rings is 1. The van der Waals surface area contributed by atoms with Gasteiger partial charge in [0.05, 0.1) is 11.4 Å². The minimum absolute atomic E-state index is 0.162. The molecule has 2 heterocycles. The van der Waals surface area contributed by atoms with Crippen LogP contribution in [-0.2, 0) is 14.8 Å². The van der Waals surface area contributed by atoms with Crippen molar-refractivity contribution in [1.29, 1.82) is 0 Å². The second-order valence-corrected chi connectivity index (χ2v) is 11.1. The fraction of sp³-hybridized carbons (Fsp3) is 0.667. The molecule has 1 saturated heterocycles. The molecule has 1 aliphatic rings. The van der Waals surface area contributed by atoms with Crippen LogP contribution in [0.25, 0.3) is 0 Å². The van der Waals surface area contributed by atoms with E-state index in [1.165, 1.54) is 11.3 Å². The third-order valence-corrected chi connectivity index (χ3v) is 6.90. The quantitative estimate of drug-likeness (QED) is 0.403. The van der Waals surface area contributed by atoms with E-state index in [2.05, 4.69) is 9.71 Å². The maximum atomic E-state index is 12.4. The summed E-state index contributed by atoms with van der Waals surface area (Å²) in [6.45, 7) is 11.7. The Kier molecular flexibility index (Phi) is 7.52. The highest BCUT2D eigenvalue weighted by atomic mass is 32.2. The van der Waals surface area contributed by atoms with Crippen molar-refractivity contribution in [1.82, 2.24) is 14.5 Å². The lowest BCUT2D eigenvalue weighted by Gasteiger charge is -2.36. The van der Waals surface area contributed by atoms with E-state index in [1.54, 1.807) is 17.9 Å². The van der Waals surface area contributed by atoms with Gasteiger partial charge in [-0.05, 0) is 40.7 Å².